The topological polar surface area (TPSA) is 50.7 Å². The predicted molar refractivity (Wildman–Crippen MR) is 111 cm³/mol. The third kappa shape index (κ3) is 5.43. The summed E-state index contributed by atoms with van der Waals surface area (Å²) in [6.45, 7) is 8.34. The second-order valence-electron chi connectivity index (χ2n) is 6.70. The van der Waals surface area contributed by atoms with E-state index in [1.54, 1.807) is 6.21 Å². The number of carbonyl (C=O) groups excluding carboxylic acids is 1. The minimum absolute atomic E-state index is 0.134. The van der Waals surface area contributed by atoms with E-state index in [1.165, 1.54) is 0 Å². The van der Waals surface area contributed by atoms with Crippen molar-refractivity contribution < 1.29 is 9.63 Å². The van der Waals surface area contributed by atoms with Crippen LogP contribution >= 0.6 is 15.9 Å². The van der Waals surface area contributed by atoms with Gasteiger partial charge in [0.2, 0.25) is 0 Å². The summed E-state index contributed by atoms with van der Waals surface area (Å²) in [5.74, 6) is 0.418. The lowest BCUT2D eigenvalue weighted by atomic mass is 9.92. The lowest BCUT2D eigenvalue weighted by Gasteiger charge is -2.19. The molecule has 0 unspecified atom stereocenters. The summed E-state index contributed by atoms with van der Waals surface area (Å²) >= 11 is 3.44. The number of para-hydroxylation sites is 1. The molecule has 0 aliphatic heterocycles. The van der Waals surface area contributed by atoms with Crippen molar-refractivity contribution in [2.75, 3.05) is 11.9 Å². The summed E-state index contributed by atoms with van der Waals surface area (Å²) < 4.78 is 0.921. The number of oxime groups is 1. The van der Waals surface area contributed by atoms with Crippen molar-refractivity contribution in [3.8, 4) is 0 Å². The standard InChI is InChI=1S/C21H25BrN2O2/c1-14(2)17-9-7-10-18(15(3)4)21(17)24-20(25)13-26-23-12-16-8-5-6-11-19(16)22/h5-12,14-15H,13H2,1-4H3,(H,24,25)/b23-12-. The third-order valence-corrected chi connectivity index (χ3v) is 4.73. The van der Waals surface area contributed by atoms with E-state index in [9.17, 15) is 4.79 Å². The second-order valence-corrected chi connectivity index (χ2v) is 7.55. The van der Waals surface area contributed by atoms with Crippen molar-refractivity contribution in [3.05, 3.63) is 63.6 Å². The van der Waals surface area contributed by atoms with Crippen LogP contribution in [0.25, 0.3) is 0 Å². The van der Waals surface area contributed by atoms with Crippen molar-refractivity contribution in [2.45, 2.75) is 39.5 Å². The molecule has 0 saturated carbocycles. The largest absolute Gasteiger partial charge is 0.386 e. The van der Waals surface area contributed by atoms with E-state index in [0.29, 0.717) is 11.8 Å². The van der Waals surface area contributed by atoms with Gasteiger partial charge >= 0.3 is 0 Å². The van der Waals surface area contributed by atoms with Crippen LogP contribution < -0.4 is 5.32 Å². The summed E-state index contributed by atoms with van der Waals surface area (Å²) in [4.78, 5) is 17.5. The maximum atomic E-state index is 12.3. The van der Waals surface area contributed by atoms with Crippen LogP contribution in [0.1, 0.15) is 56.2 Å². The zero-order valence-corrected chi connectivity index (χ0v) is 17.2. The number of hydrogen-bond acceptors (Lipinski definition) is 3. The monoisotopic (exact) mass is 416 g/mol. The summed E-state index contributed by atoms with van der Waals surface area (Å²) in [5, 5.41) is 6.89. The molecule has 0 heterocycles. The summed E-state index contributed by atoms with van der Waals surface area (Å²) in [6, 6.07) is 13.8. The van der Waals surface area contributed by atoms with Gasteiger partial charge in [-0.3, -0.25) is 4.79 Å². The van der Waals surface area contributed by atoms with Crippen LogP contribution in [-0.4, -0.2) is 18.7 Å². The fraction of sp³-hybridized carbons (Fsp3) is 0.333. The zero-order chi connectivity index (χ0) is 19.1. The average molecular weight is 417 g/mol. The number of halogens is 1. The van der Waals surface area contributed by atoms with Crippen LogP contribution in [0.3, 0.4) is 0 Å². The molecule has 0 radical (unpaired) electrons. The molecule has 0 saturated heterocycles. The molecule has 2 aromatic carbocycles. The van der Waals surface area contributed by atoms with Gasteiger partial charge in [0.05, 0.1) is 6.21 Å². The van der Waals surface area contributed by atoms with Gasteiger partial charge in [-0.05, 0) is 29.0 Å². The first-order valence-electron chi connectivity index (χ1n) is 8.72. The van der Waals surface area contributed by atoms with E-state index in [2.05, 4.69) is 66.2 Å². The first kappa shape index (κ1) is 20.2. The highest BCUT2D eigenvalue weighted by atomic mass is 79.9. The van der Waals surface area contributed by atoms with Gasteiger partial charge in [0.25, 0.3) is 5.91 Å². The number of nitrogens with one attached hydrogen (secondary N) is 1. The molecule has 0 fully saturated rings. The Morgan fingerprint density at radius 2 is 1.69 bits per heavy atom. The minimum Gasteiger partial charge on any atom is -0.386 e. The average Bonchev–Trinajstić information content (AvgIpc) is 2.59. The third-order valence-electron chi connectivity index (χ3n) is 4.00. The first-order valence-corrected chi connectivity index (χ1v) is 9.52. The predicted octanol–water partition coefficient (Wildman–Crippen LogP) is 5.69. The van der Waals surface area contributed by atoms with Crippen molar-refractivity contribution in [2.24, 2.45) is 5.16 Å². The Morgan fingerprint density at radius 1 is 1.08 bits per heavy atom. The Balaban J connectivity index is 2.03. The molecule has 0 aromatic heterocycles. The first-order chi connectivity index (χ1) is 12.4. The Hall–Kier alpha value is -2.14. The van der Waals surface area contributed by atoms with E-state index < -0.39 is 0 Å². The van der Waals surface area contributed by atoms with Crippen molar-refractivity contribution >= 4 is 33.7 Å². The number of amides is 1. The van der Waals surface area contributed by atoms with Gasteiger partial charge in [0.15, 0.2) is 6.61 Å². The molecule has 0 spiro atoms. The molecular weight excluding hydrogens is 392 g/mol. The van der Waals surface area contributed by atoms with Gasteiger partial charge in [-0.1, -0.05) is 85.2 Å². The molecule has 0 aliphatic carbocycles. The maximum absolute atomic E-state index is 12.3. The molecule has 138 valence electrons. The normalized spacial score (nSPS) is 11.3. The van der Waals surface area contributed by atoms with Crippen LogP contribution in [0.15, 0.2) is 52.1 Å². The van der Waals surface area contributed by atoms with Crippen molar-refractivity contribution in [1.82, 2.24) is 0 Å². The highest BCUT2D eigenvalue weighted by Crippen LogP contribution is 2.32. The molecule has 1 amide bonds. The molecule has 5 heteroatoms. The lowest BCUT2D eigenvalue weighted by molar-refractivity contribution is -0.120. The second kappa shape index (κ2) is 9.53. The number of carbonyl (C=O) groups is 1. The number of nitrogens with zero attached hydrogens (tertiary/aromatic N) is 1. The van der Waals surface area contributed by atoms with E-state index >= 15 is 0 Å². The Bertz CT molecular complexity index is 759. The molecule has 26 heavy (non-hydrogen) atoms. The maximum Gasteiger partial charge on any atom is 0.265 e. The number of benzene rings is 2. The minimum atomic E-state index is -0.218. The van der Waals surface area contributed by atoms with Gasteiger partial charge < -0.3 is 10.2 Å². The quantitative estimate of drug-likeness (QED) is 0.465. The summed E-state index contributed by atoms with van der Waals surface area (Å²) in [6.07, 6.45) is 1.58. The fourth-order valence-corrected chi connectivity index (χ4v) is 3.03. The molecule has 1 N–H and O–H groups in total. The SMILES string of the molecule is CC(C)c1cccc(C(C)C)c1NC(=O)CO/N=C\c1ccccc1Br. The molecule has 4 nitrogen and oxygen atoms in total. The Labute approximate surface area is 163 Å². The van der Waals surface area contributed by atoms with Crippen LogP contribution in [0, 0.1) is 0 Å². The lowest BCUT2D eigenvalue weighted by Crippen LogP contribution is -2.19. The van der Waals surface area contributed by atoms with Crippen LogP contribution in [0.2, 0.25) is 0 Å². The molecule has 2 rings (SSSR count). The van der Waals surface area contributed by atoms with E-state index in [1.807, 2.05) is 30.3 Å². The highest BCUT2D eigenvalue weighted by molar-refractivity contribution is 9.10. The van der Waals surface area contributed by atoms with Gasteiger partial charge in [-0.15, -0.1) is 0 Å². The van der Waals surface area contributed by atoms with E-state index in [4.69, 9.17) is 4.84 Å². The molecule has 0 aliphatic rings. The van der Waals surface area contributed by atoms with Crippen molar-refractivity contribution in [3.63, 3.8) is 0 Å². The number of anilines is 1. The van der Waals surface area contributed by atoms with Gasteiger partial charge in [0.1, 0.15) is 0 Å². The highest BCUT2D eigenvalue weighted by Gasteiger charge is 2.16. The van der Waals surface area contributed by atoms with Gasteiger partial charge in [-0.25, -0.2) is 0 Å². The molecule has 0 bridgehead atoms. The smallest absolute Gasteiger partial charge is 0.265 e. The Kier molecular flexibility index (Phi) is 7.39. The van der Waals surface area contributed by atoms with Crippen molar-refractivity contribution in [1.29, 1.82) is 0 Å². The van der Waals surface area contributed by atoms with Crippen LogP contribution in [0.5, 0.6) is 0 Å². The van der Waals surface area contributed by atoms with Gasteiger partial charge in [0, 0.05) is 15.7 Å². The van der Waals surface area contributed by atoms with E-state index in [-0.39, 0.29) is 12.5 Å². The number of rotatable bonds is 7. The van der Waals surface area contributed by atoms with E-state index in [0.717, 1.165) is 26.9 Å². The van der Waals surface area contributed by atoms with Crippen LogP contribution in [0.4, 0.5) is 5.69 Å². The molecule has 2 aromatic rings. The van der Waals surface area contributed by atoms with Crippen LogP contribution in [-0.2, 0) is 9.63 Å². The summed E-state index contributed by atoms with van der Waals surface area (Å²) in [7, 11) is 0. The molecular formula is C21H25BrN2O2. The number of hydrogen-bond donors (Lipinski definition) is 1. The summed E-state index contributed by atoms with van der Waals surface area (Å²) in [5.41, 5.74) is 4.03. The van der Waals surface area contributed by atoms with Gasteiger partial charge in [-0.2, -0.15) is 0 Å². The fourth-order valence-electron chi connectivity index (χ4n) is 2.64. The Morgan fingerprint density at radius 3 is 2.27 bits per heavy atom. The molecule has 0 atom stereocenters. The zero-order valence-electron chi connectivity index (χ0n) is 15.6.